The molecule has 1 fully saturated rings. The van der Waals surface area contributed by atoms with Gasteiger partial charge in [0.1, 0.15) is 12.0 Å². The Hall–Kier alpha value is -2.04. The van der Waals surface area contributed by atoms with E-state index >= 15 is 0 Å². The lowest BCUT2D eigenvalue weighted by molar-refractivity contribution is -0.137. The molecule has 3 N–H and O–H groups in total. The summed E-state index contributed by atoms with van der Waals surface area (Å²) in [6.45, 7) is 3.94. The third kappa shape index (κ3) is 4.03. The highest BCUT2D eigenvalue weighted by Crippen LogP contribution is 2.37. The maximum absolute atomic E-state index is 12.8. The van der Waals surface area contributed by atoms with Gasteiger partial charge in [-0.05, 0) is 12.5 Å². The minimum atomic E-state index is -4.53. The van der Waals surface area contributed by atoms with Gasteiger partial charge in [0, 0.05) is 24.2 Å². The first-order chi connectivity index (χ1) is 13.0. The van der Waals surface area contributed by atoms with E-state index in [1.54, 1.807) is 24.8 Å². The number of aliphatic hydroxyl groups is 2. The van der Waals surface area contributed by atoms with Gasteiger partial charge in [0.25, 0.3) is 0 Å². The van der Waals surface area contributed by atoms with E-state index in [-0.39, 0.29) is 23.3 Å². The van der Waals surface area contributed by atoms with Crippen molar-refractivity contribution >= 4 is 23.3 Å². The Balaban J connectivity index is 1.70. The summed E-state index contributed by atoms with van der Waals surface area (Å²) in [6, 6.07) is 1.94. The normalized spacial score (nSPS) is 18.7. The lowest BCUT2D eigenvalue weighted by Crippen LogP contribution is -2.57. The molecule has 1 aliphatic rings. The van der Waals surface area contributed by atoms with Crippen LogP contribution in [0.15, 0.2) is 22.9 Å². The molecule has 11 heteroatoms. The Morgan fingerprint density at radius 3 is 2.64 bits per heavy atom. The molecule has 0 bridgehead atoms. The molecule has 1 saturated heterocycles. The van der Waals surface area contributed by atoms with Crippen LogP contribution < -0.4 is 10.2 Å². The Morgan fingerprint density at radius 2 is 2.11 bits per heavy atom. The smallest absolute Gasteiger partial charge is 0.395 e. The summed E-state index contributed by atoms with van der Waals surface area (Å²) < 4.78 is 43.4. The van der Waals surface area contributed by atoms with Gasteiger partial charge in [-0.2, -0.15) is 13.2 Å². The van der Waals surface area contributed by atoms with Crippen molar-refractivity contribution in [2.75, 3.05) is 23.4 Å². The standard InChI is InChI=1S/C17H20ClF3N4O3/c1-16(2,8-26)12-6-13(28-24-12)23-15(27)11-3-4-25(11)14-10(18)5-9(7-22-14)17(19,20)21/h5-7,11,15,23,26-27H,3-4,8H2,1-2H3/t11-,15?/m0/s1. The number of rotatable bonds is 6. The number of aromatic nitrogens is 2. The van der Waals surface area contributed by atoms with Gasteiger partial charge in [0.2, 0.25) is 5.88 Å². The van der Waals surface area contributed by atoms with Crippen molar-refractivity contribution < 1.29 is 27.9 Å². The molecule has 3 heterocycles. The zero-order valence-corrected chi connectivity index (χ0v) is 15.9. The molecule has 0 aromatic carbocycles. The molecular weight excluding hydrogens is 401 g/mol. The van der Waals surface area contributed by atoms with Gasteiger partial charge in [0.05, 0.1) is 28.9 Å². The number of hydrogen-bond acceptors (Lipinski definition) is 7. The molecule has 0 spiro atoms. The largest absolute Gasteiger partial charge is 0.417 e. The summed E-state index contributed by atoms with van der Waals surface area (Å²) in [5, 5.41) is 26.3. The summed E-state index contributed by atoms with van der Waals surface area (Å²) in [7, 11) is 0. The van der Waals surface area contributed by atoms with Gasteiger partial charge in [-0.25, -0.2) is 4.98 Å². The molecule has 7 nitrogen and oxygen atoms in total. The molecule has 0 radical (unpaired) electrons. The van der Waals surface area contributed by atoms with Crippen LogP contribution in [0.25, 0.3) is 0 Å². The van der Waals surface area contributed by atoms with Gasteiger partial charge in [-0.3, -0.25) is 0 Å². The second kappa shape index (κ2) is 7.41. The van der Waals surface area contributed by atoms with Crippen molar-refractivity contribution in [3.63, 3.8) is 0 Å². The number of aliphatic hydroxyl groups excluding tert-OH is 2. The molecule has 1 aliphatic heterocycles. The fraction of sp³-hybridized carbons (Fsp3) is 0.529. The number of nitrogens with zero attached hydrogens (tertiary/aromatic N) is 3. The maximum Gasteiger partial charge on any atom is 0.417 e. The summed E-state index contributed by atoms with van der Waals surface area (Å²) in [4.78, 5) is 5.45. The monoisotopic (exact) mass is 420 g/mol. The van der Waals surface area contributed by atoms with Crippen molar-refractivity contribution in [3.8, 4) is 0 Å². The third-order valence-corrected chi connectivity index (χ3v) is 5.02. The second-order valence-corrected chi connectivity index (χ2v) is 7.69. The highest BCUT2D eigenvalue weighted by atomic mass is 35.5. The molecule has 154 valence electrons. The van der Waals surface area contributed by atoms with Gasteiger partial charge in [-0.1, -0.05) is 30.6 Å². The molecule has 2 aromatic heterocycles. The fourth-order valence-electron chi connectivity index (χ4n) is 2.78. The predicted molar refractivity (Wildman–Crippen MR) is 96.2 cm³/mol. The minimum absolute atomic E-state index is 0.129. The summed E-state index contributed by atoms with van der Waals surface area (Å²) in [6.07, 6.45) is -4.32. The van der Waals surface area contributed by atoms with Crippen LogP contribution in [0.5, 0.6) is 0 Å². The van der Waals surface area contributed by atoms with Crippen molar-refractivity contribution in [2.24, 2.45) is 0 Å². The average Bonchev–Trinajstić information content (AvgIpc) is 3.03. The second-order valence-electron chi connectivity index (χ2n) is 7.28. The van der Waals surface area contributed by atoms with Crippen molar-refractivity contribution in [1.29, 1.82) is 0 Å². The average molecular weight is 421 g/mol. The minimum Gasteiger partial charge on any atom is -0.395 e. The number of nitrogens with one attached hydrogen (secondary N) is 1. The van der Waals surface area contributed by atoms with Crippen LogP contribution in [0.1, 0.15) is 31.5 Å². The summed E-state index contributed by atoms with van der Waals surface area (Å²) in [5.41, 5.74) is -1.02. The molecule has 1 unspecified atom stereocenters. The molecule has 28 heavy (non-hydrogen) atoms. The Kier molecular flexibility index (Phi) is 5.48. The molecule has 2 atom stereocenters. The van der Waals surface area contributed by atoms with Crippen molar-refractivity contribution in [2.45, 2.75) is 44.1 Å². The maximum atomic E-state index is 12.8. The number of hydrogen-bond donors (Lipinski definition) is 3. The van der Waals surface area contributed by atoms with E-state index in [1.807, 2.05) is 0 Å². The van der Waals surface area contributed by atoms with E-state index in [1.165, 1.54) is 0 Å². The lowest BCUT2D eigenvalue weighted by Gasteiger charge is -2.44. The van der Waals surface area contributed by atoms with Crippen LogP contribution in [0.3, 0.4) is 0 Å². The van der Waals surface area contributed by atoms with E-state index in [0.29, 0.717) is 18.7 Å². The Bertz CT molecular complexity index is 843. The Morgan fingerprint density at radius 1 is 1.39 bits per heavy atom. The predicted octanol–water partition coefficient (Wildman–Crippen LogP) is 3.02. The number of anilines is 2. The van der Waals surface area contributed by atoms with E-state index < -0.39 is 29.4 Å². The quantitative estimate of drug-likeness (QED) is 0.618. The molecule has 3 rings (SSSR count). The number of halogens is 4. The molecule has 2 aromatic rings. The molecule has 0 saturated carbocycles. The number of alkyl halides is 3. The van der Waals surface area contributed by atoms with Gasteiger partial charge in [0.15, 0.2) is 0 Å². The van der Waals surface area contributed by atoms with Crippen LogP contribution >= 0.6 is 11.6 Å². The van der Waals surface area contributed by atoms with E-state index in [0.717, 1.165) is 12.3 Å². The molecule has 0 aliphatic carbocycles. The zero-order valence-electron chi connectivity index (χ0n) is 15.2. The number of pyridine rings is 1. The van der Waals surface area contributed by atoms with E-state index in [4.69, 9.17) is 16.1 Å². The van der Waals surface area contributed by atoms with Gasteiger partial charge in [-0.15, -0.1) is 0 Å². The first kappa shape index (κ1) is 20.7. The third-order valence-electron chi connectivity index (χ3n) is 4.74. The van der Waals surface area contributed by atoms with Crippen LogP contribution in [0.2, 0.25) is 5.02 Å². The van der Waals surface area contributed by atoms with E-state index in [2.05, 4.69) is 15.5 Å². The SMILES string of the molecule is CC(C)(CO)c1cc(NC(O)[C@@H]2CCN2c2ncc(C(F)(F)F)cc2Cl)on1. The van der Waals surface area contributed by atoms with Crippen LogP contribution in [-0.4, -0.2) is 45.8 Å². The van der Waals surface area contributed by atoms with Crippen molar-refractivity contribution in [1.82, 2.24) is 10.1 Å². The first-order valence-electron chi connectivity index (χ1n) is 8.55. The summed E-state index contributed by atoms with van der Waals surface area (Å²) in [5.74, 6) is 0.383. The first-order valence-corrected chi connectivity index (χ1v) is 8.93. The zero-order chi connectivity index (χ0) is 20.7. The van der Waals surface area contributed by atoms with Crippen LogP contribution in [-0.2, 0) is 11.6 Å². The lowest BCUT2D eigenvalue weighted by atomic mass is 9.91. The van der Waals surface area contributed by atoms with Crippen LogP contribution in [0.4, 0.5) is 24.9 Å². The Labute approximate surface area is 164 Å². The molecule has 0 amide bonds. The van der Waals surface area contributed by atoms with Crippen LogP contribution in [0, 0.1) is 0 Å². The topological polar surface area (TPSA) is 94.7 Å². The van der Waals surface area contributed by atoms with Gasteiger partial charge < -0.3 is 25.0 Å². The summed E-state index contributed by atoms with van der Waals surface area (Å²) >= 11 is 5.98. The molecular formula is C17H20ClF3N4O3. The highest BCUT2D eigenvalue weighted by Gasteiger charge is 2.38. The highest BCUT2D eigenvalue weighted by molar-refractivity contribution is 6.33. The van der Waals surface area contributed by atoms with E-state index in [9.17, 15) is 23.4 Å². The van der Waals surface area contributed by atoms with Crippen molar-refractivity contribution in [3.05, 3.63) is 34.6 Å². The fourth-order valence-corrected chi connectivity index (χ4v) is 3.06. The van der Waals surface area contributed by atoms with Gasteiger partial charge >= 0.3 is 6.18 Å².